The van der Waals surface area contributed by atoms with Crippen molar-refractivity contribution >= 4 is 30.0 Å². The van der Waals surface area contributed by atoms with Crippen LogP contribution in [0.4, 0.5) is 0 Å². The summed E-state index contributed by atoms with van der Waals surface area (Å²) >= 11 is 1.31. The first-order valence-electron chi connectivity index (χ1n) is 11.2. The number of hydrogen-bond acceptors (Lipinski definition) is 6. The van der Waals surface area contributed by atoms with Crippen LogP contribution in [0.3, 0.4) is 0 Å². The van der Waals surface area contributed by atoms with Crippen molar-refractivity contribution in [1.29, 1.82) is 0 Å². The highest BCUT2D eigenvalue weighted by Crippen LogP contribution is 2.30. The minimum Gasteiger partial charge on any atom is -0.465 e. The van der Waals surface area contributed by atoms with E-state index < -0.39 is 0 Å². The molecular formula is C27H27N5O2S. The molecule has 0 bridgehead atoms. The van der Waals surface area contributed by atoms with Gasteiger partial charge in [-0.3, -0.25) is 9.36 Å². The Labute approximate surface area is 209 Å². The Kier molecular flexibility index (Phi) is 7.62. The predicted octanol–water partition coefficient (Wildman–Crippen LogP) is 5.73. The number of nitrogens with zero attached hydrogens (tertiary/aromatic N) is 4. The maximum atomic E-state index is 12.3. The Hall–Kier alpha value is -3.91. The molecule has 1 N–H and O–H groups in total. The van der Waals surface area contributed by atoms with E-state index in [2.05, 4.69) is 65.8 Å². The van der Waals surface area contributed by atoms with Crippen LogP contribution in [0.2, 0.25) is 0 Å². The first-order valence-corrected chi connectivity index (χ1v) is 12.2. The lowest BCUT2D eigenvalue weighted by Crippen LogP contribution is -2.19. The second-order valence-electron chi connectivity index (χ2n) is 8.78. The second-order valence-corrected chi connectivity index (χ2v) is 9.72. The van der Waals surface area contributed by atoms with Crippen molar-refractivity contribution in [2.45, 2.75) is 31.3 Å². The molecule has 0 aliphatic rings. The van der Waals surface area contributed by atoms with Crippen molar-refractivity contribution in [3.05, 3.63) is 90.4 Å². The molecule has 2 aromatic carbocycles. The summed E-state index contributed by atoms with van der Waals surface area (Å²) in [7, 11) is 0. The number of furan rings is 1. The van der Waals surface area contributed by atoms with Gasteiger partial charge in [0.1, 0.15) is 5.76 Å². The molecular weight excluding hydrogens is 458 g/mol. The third-order valence-corrected chi connectivity index (χ3v) is 6.07. The monoisotopic (exact) mass is 485 g/mol. The molecule has 1 amide bonds. The van der Waals surface area contributed by atoms with Gasteiger partial charge in [0.15, 0.2) is 11.0 Å². The van der Waals surface area contributed by atoms with Crippen molar-refractivity contribution in [3.8, 4) is 17.1 Å². The minimum absolute atomic E-state index is 0.0665. The van der Waals surface area contributed by atoms with Crippen LogP contribution >= 0.6 is 11.8 Å². The first kappa shape index (κ1) is 24.2. The number of hydrazone groups is 1. The lowest BCUT2D eigenvalue weighted by atomic mass is 9.87. The maximum Gasteiger partial charge on any atom is 0.250 e. The summed E-state index contributed by atoms with van der Waals surface area (Å²) in [5, 5.41) is 13.4. The number of thioether (sulfide) groups is 1. The van der Waals surface area contributed by atoms with E-state index in [-0.39, 0.29) is 17.1 Å². The highest BCUT2D eigenvalue weighted by atomic mass is 32.2. The number of aromatic nitrogens is 3. The van der Waals surface area contributed by atoms with Crippen LogP contribution in [0.1, 0.15) is 32.1 Å². The van der Waals surface area contributed by atoms with E-state index in [4.69, 9.17) is 4.42 Å². The van der Waals surface area contributed by atoms with Gasteiger partial charge in [-0.05, 0) is 47.4 Å². The van der Waals surface area contributed by atoms with Gasteiger partial charge in [0.25, 0.3) is 5.91 Å². The number of carbonyl (C=O) groups excluding carboxylic acids is 1. The third-order valence-electron chi connectivity index (χ3n) is 5.14. The highest BCUT2D eigenvalue weighted by Gasteiger charge is 2.18. The minimum atomic E-state index is -0.239. The normalized spacial score (nSPS) is 12.0. The van der Waals surface area contributed by atoms with Gasteiger partial charge in [-0.15, -0.1) is 10.2 Å². The van der Waals surface area contributed by atoms with E-state index in [1.807, 2.05) is 41.0 Å². The second kappa shape index (κ2) is 11.0. The molecule has 0 saturated carbocycles. The van der Waals surface area contributed by atoms with Crippen LogP contribution < -0.4 is 5.43 Å². The summed E-state index contributed by atoms with van der Waals surface area (Å²) in [6.45, 7) is 6.56. The number of para-hydroxylation sites is 1. The largest absolute Gasteiger partial charge is 0.465 e. The van der Waals surface area contributed by atoms with Gasteiger partial charge in [-0.25, -0.2) is 5.43 Å². The van der Waals surface area contributed by atoms with Crippen molar-refractivity contribution in [3.63, 3.8) is 0 Å². The molecule has 7 nitrogen and oxygen atoms in total. The van der Waals surface area contributed by atoms with E-state index in [9.17, 15) is 4.79 Å². The predicted molar refractivity (Wildman–Crippen MR) is 141 cm³/mol. The van der Waals surface area contributed by atoms with Gasteiger partial charge in [0.05, 0.1) is 12.0 Å². The molecule has 35 heavy (non-hydrogen) atoms. The fourth-order valence-electron chi connectivity index (χ4n) is 3.32. The summed E-state index contributed by atoms with van der Waals surface area (Å²) in [4.78, 5) is 12.3. The Morgan fingerprint density at radius 2 is 1.83 bits per heavy atom. The van der Waals surface area contributed by atoms with Crippen molar-refractivity contribution in [2.75, 3.05) is 5.75 Å². The highest BCUT2D eigenvalue weighted by molar-refractivity contribution is 7.99. The zero-order chi connectivity index (χ0) is 24.7. The number of nitrogens with one attached hydrogen (secondary N) is 1. The number of allylic oxidation sites excluding steroid dienone is 1. The van der Waals surface area contributed by atoms with Gasteiger partial charge in [-0.1, -0.05) is 75.0 Å². The van der Waals surface area contributed by atoms with Crippen LogP contribution in [-0.2, 0) is 10.2 Å². The molecule has 0 aliphatic heterocycles. The average molecular weight is 486 g/mol. The molecule has 0 saturated heterocycles. The number of rotatable bonds is 8. The number of benzene rings is 2. The van der Waals surface area contributed by atoms with Gasteiger partial charge in [0.2, 0.25) is 0 Å². The van der Waals surface area contributed by atoms with Crippen molar-refractivity contribution in [2.24, 2.45) is 5.10 Å². The number of amides is 1. The van der Waals surface area contributed by atoms with Crippen LogP contribution in [0, 0.1) is 0 Å². The molecule has 2 aromatic heterocycles. The van der Waals surface area contributed by atoms with E-state index in [0.717, 1.165) is 17.1 Å². The SMILES string of the molecule is CC(C)(C)c1ccc(-c2nnc(SCC(=O)N/N=C/C=C\c3ccco3)n2-c2ccccc2)cc1. The molecule has 8 heteroatoms. The maximum absolute atomic E-state index is 12.3. The summed E-state index contributed by atoms with van der Waals surface area (Å²) in [6.07, 6.45) is 6.53. The third kappa shape index (κ3) is 6.36. The number of hydrogen-bond donors (Lipinski definition) is 1. The fourth-order valence-corrected chi connectivity index (χ4v) is 4.06. The van der Waals surface area contributed by atoms with Gasteiger partial charge in [0, 0.05) is 17.5 Å². The van der Waals surface area contributed by atoms with Crippen molar-refractivity contribution < 1.29 is 9.21 Å². The molecule has 2 heterocycles. The van der Waals surface area contributed by atoms with E-state index in [0.29, 0.717) is 10.9 Å². The summed E-state index contributed by atoms with van der Waals surface area (Å²) in [5.41, 5.74) is 5.72. The zero-order valence-corrected chi connectivity index (χ0v) is 20.7. The van der Waals surface area contributed by atoms with Gasteiger partial charge < -0.3 is 4.42 Å². The Morgan fingerprint density at radius 3 is 2.51 bits per heavy atom. The lowest BCUT2D eigenvalue weighted by Gasteiger charge is -2.19. The lowest BCUT2D eigenvalue weighted by molar-refractivity contribution is -0.118. The Morgan fingerprint density at radius 1 is 1.06 bits per heavy atom. The Balaban J connectivity index is 1.48. The van der Waals surface area contributed by atoms with Crippen LogP contribution in [0.25, 0.3) is 23.2 Å². The molecule has 0 fully saturated rings. The molecule has 4 rings (SSSR count). The molecule has 0 radical (unpaired) electrons. The Bertz CT molecular complexity index is 1300. The van der Waals surface area contributed by atoms with Crippen molar-refractivity contribution in [1.82, 2.24) is 20.2 Å². The standard InChI is InChI=1S/C27H27N5O2S/c1-27(2,3)21-15-13-20(14-16-21)25-30-31-26(32(25)22-9-5-4-6-10-22)35-19-24(33)29-28-17-7-11-23-12-8-18-34-23/h4-18H,19H2,1-3H3,(H,29,33)/b11-7-,28-17+. The summed E-state index contributed by atoms with van der Waals surface area (Å²) in [5.74, 6) is 1.34. The van der Waals surface area contributed by atoms with E-state index in [1.54, 1.807) is 24.5 Å². The first-order chi connectivity index (χ1) is 16.9. The molecule has 4 aromatic rings. The molecule has 0 spiro atoms. The average Bonchev–Trinajstić information content (AvgIpc) is 3.53. The van der Waals surface area contributed by atoms with E-state index >= 15 is 0 Å². The molecule has 178 valence electrons. The zero-order valence-electron chi connectivity index (χ0n) is 19.9. The summed E-state index contributed by atoms with van der Waals surface area (Å²) < 4.78 is 7.17. The van der Waals surface area contributed by atoms with E-state index in [1.165, 1.54) is 23.5 Å². The quantitative estimate of drug-likeness (QED) is 0.196. The summed E-state index contributed by atoms with van der Waals surface area (Å²) in [6, 6.07) is 21.9. The fraction of sp³-hybridized carbons (Fsp3) is 0.185. The van der Waals surface area contributed by atoms with Crippen LogP contribution in [-0.4, -0.2) is 32.6 Å². The smallest absolute Gasteiger partial charge is 0.250 e. The van der Waals surface area contributed by atoms with Crippen LogP contribution in [0.5, 0.6) is 0 Å². The number of carbonyl (C=O) groups is 1. The molecule has 0 aliphatic carbocycles. The topological polar surface area (TPSA) is 85.3 Å². The van der Waals surface area contributed by atoms with Crippen LogP contribution in [0.15, 0.2) is 93.7 Å². The molecule has 0 atom stereocenters. The van der Waals surface area contributed by atoms with Gasteiger partial charge >= 0.3 is 0 Å². The van der Waals surface area contributed by atoms with Gasteiger partial charge in [-0.2, -0.15) is 5.10 Å². The molecule has 0 unspecified atom stereocenters.